The Hall–Kier alpha value is -1.63. The second kappa shape index (κ2) is 6.01. The van der Waals surface area contributed by atoms with Crippen LogP contribution in [0.2, 0.25) is 0 Å². The number of nitrogens with one attached hydrogen (secondary N) is 2. The standard InChI is InChI=1S/C12H20N2O5/c1-12(2,3)19-11(18)14-9(10(16)17)8-6-7(15)4-5-13-8/h8-9,13H,4-6H2,1-3H3,(H,14,18)(H,16,17)/t8-,9+/m1/s1. The summed E-state index contributed by atoms with van der Waals surface area (Å²) in [6, 6.07) is -1.79. The molecule has 19 heavy (non-hydrogen) atoms. The molecule has 0 unspecified atom stereocenters. The quantitative estimate of drug-likeness (QED) is 0.682. The molecule has 0 spiro atoms. The summed E-state index contributed by atoms with van der Waals surface area (Å²) in [5, 5.41) is 14.4. The number of ketones is 1. The lowest BCUT2D eigenvalue weighted by Gasteiger charge is -2.29. The number of hydrogen-bond acceptors (Lipinski definition) is 5. The van der Waals surface area contributed by atoms with E-state index in [9.17, 15) is 14.4 Å². The van der Waals surface area contributed by atoms with Crippen molar-refractivity contribution in [2.75, 3.05) is 6.54 Å². The van der Waals surface area contributed by atoms with Crippen molar-refractivity contribution in [3.63, 3.8) is 0 Å². The van der Waals surface area contributed by atoms with Gasteiger partial charge in [0.15, 0.2) is 0 Å². The molecular formula is C12H20N2O5. The van der Waals surface area contributed by atoms with Crippen LogP contribution in [0.25, 0.3) is 0 Å². The van der Waals surface area contributed by atoms with E-state index in [1.165, 1.54) is 0 Å². The van der Waals surface area contributed by atoms with Gasteiger partial charge in [0.2, 0.25) is 0 Å². The number of amides is 1. The van der Waals surface area contributed by atoms with Gasteiger partial charge in [-0.05, 0) is 20.8 Å². The number of alkyl carbamates (subject to hydrolysis) is 1. The number of carbonyl (C=O) groups is 3. The highest BCUT2D eigenvalue weighted by Gasteiger charge is 2.34. The van der Waals surface area contributed by atoms with Gasteiger partial charge in [-0.3, -0.25) is 4.79 Å². The zero-order chi connectivity index (χ0) is 14.6. The SMILES string of the molecule is CC(C)(C)OC(=O)N[C@H](C(=O)O)[C@H]1CC(=O)CCN1. The van der Waals surface area contributed by atoms with Crippen LogP contribution in [-0.2, 0) is 14.3 Å². The molecule has 0 saturated carbocycles. The zero-order valence-electron chi connectivity index (χ0n) is 11.4. The summed E-state index contributed by atoms with van der Waals surface area (Å²) in [7, 11) is 0. The van der Waals surface area contributed by atoms with Gasteiger partial charge in [-0.15, -0.1) is 0 Å². The van der Waals surface area contributed by atoms with Crippen LogP contribution in [0, 0.1) is 0 Å². The monoisotopic (exact) mass is 272 g/mol. The Morgan fingerprint density at radius 3 is 2.58 bits per heavy atom. The summed E-state index contributed by atoms with van der Waals surface area (Å²) in [5.41, 5.74) is -0.705. The van der Waals surface area contributed by atoms with Crippen LogP contribution in [0.1, 0.15) is 33.6 Å². The van der Waals surface area contributed by atoms with Crippen LogP contribution in [-0.4, -0.2) is 47.2 Å². The van der Waals surface area contributed by atoms with E-state index in [0.717, 1.165) is 0 Å². The maximum Gasteiger partial charge on any atom is 0.408 e. The second-order valence-electron chi connectivity index (χ2n) is 5.52. The minimum atomic E-state index is -1.20. The van der Waals surface area contributed by atoms with Crippen LogP contribution in [0.15, 0.2) is 0 Å². The van der Waals surface area contributed by atoms with E-state index in [1.807, 2.05) is 0 Å². The third kappa shape index (κ3) is 5.25. The lowest BCUT2D eigenvalue weighted by molar-refractivity contribution is -0.140. The van der Waals surface area contributed by atoms with Crippen molar-refractivity contribution in [3.8, 4) is 0 Å². The first-order valence-corrected chi connectivity index (χ1v) is 6.16. The van der Waals surface area contributed by atoms with E-state index in [0.29, 0.717) is 13.0 Å². The van der Waals surface area contributed by atoms with E-state index in [1.54, 1.807) is 20.8 Å². The number of carboxylic acids is 1. The Balaban J connectivity index is 2.65. The summed E-state index contributed by atoms with van der Waals surface area (Å²) >= 11 is 0. The number of hydrogen-bond donors (Lipinski definition) is 3. The highest BCUT2D eigenvalue weighted by atomic mass is 16.6. The fourth-order valence-corrected chi connectivity index (χ4v) is 1.82. The summed E-state index contributed by atoms with van der Waals surface area (Å²) in [6.45, 7) is 5.48. The zero-order valence-corrected chi connectivity index (χ0v) is 11.4. The smallest absolute Gasteiger partial charge is 0.408 e. The second-order valence-corrected chi connectivity index (χ2v) is 5.52. The molecule has 7 nitrogen and oxygen atoms in total. The first-order chi connectivity index (χ1) is 8.69. The van der Waals surface area contributed by atoms with Gasteiger partial charge in [0.1, 0.15) is 17.4 Å². The highest BCUT2D eigenvalue weighted by molar-refractivity contribution is 5.84. The molecule has 1 saturated heterocycles. The number of ether oxygens (including phenoxy) is 1. The molecule has 0 aromatic heterocycles. The van der Waals surface area contributed by atoms with Gasteiger partial charge in [-0.1, -0.05) is 0 Å². The largest absolute Gasteiger partial charge is 0.480 e. The molecule has 1 fully saturated rings. The molecule has 2 atom stereocenters. The number of aliphatic carboxylic acids is 1. The Morgan fingerprint density at radius 1 is 1.47 bits per heavy atom. The van der Waals surface area contributed by atoms with Gasteiger partial charge >= 0.3 is 12.1 Å². The molecule has 1 amide bonds. The van der Waals surface area contributed by atoms with Crippen molar-refractivity contribution < 1.29 is 24.2 Å². The van der Waals surface area contributed by atoms with E-state index in [4.69, 9.17) is 9.84 Å². The molecule has 3 N–H and O–H groups in total. The van der Waals surface area contributed by atoms with Crippen molar-refractivity contribution in [3.05, 3.63) is 0 Å². The van der Waals surface area contributed by atoms with Crippen LogP contribution < -0.4 is 10.6 Å². The molecular weight excluding hydrogens is 252 g/mol. The summed E-state index contributed by atoms with van der Waals surface area (Å²) < 4.78 is 5.01. The number of carboxylic acid groups (broad SMARTS) is 1. The average molecular weight is 272 g/mol. The fraction of sp³-hybridized carbons (Fsp3) is 0.750. The van der Waals surface area contributed by atoms with Crippen molar-refractivity contribution in [2.24, 2.45) is 0 Å². The summed E-state index contributed by atoms with van der Waals surface area (Å²) in [4.78, 5) is 34.1. The molecule has 0 aliphatic carbocycles. The predicted octanol–water partition coefficient (Wildman–Crippen LogP) is 0.285. The number of Topliss-reactive ketones (excluding diaryl/α,β-unsaturated/α-hetero) is 1. The number of rotatable bonds is 3. The molecule has 1 aliphatic rings. The van der Waals surface area contributed by atoms with Crippen LogP contribution >= 0.6 is 0 Å². The van der Waals surface area contributed by atoms with Crippen LogP contribution in [0.5, 0.6) is 0 Å². The maximum absolute atomic E-state index is 11.6. The third-order valence-corrected chi connectivity index (χ3v) is 2.60. The molecule has 0 aromatic rings. The molecule has 0 radical (unpaired) electrons. The molecule has 0 bridgehead atoms. The van der Waals surface area contributed by atoms with Gasteiger partial charge < -0.3 is 20.5 Å². The Morgan fingerprint density at radius 2 is 2.11 bits per heavy atom. The van der Waals surface area contributed by atoms with Gasteiger partial charge in [-0.25, -0.2) is 9.59 Å². The van der Waals surface area contributed by atoms with Crippen molar-refractivity contribution in [1.82, 2.24) is 10.6 Å². The van der Waals surface area contributed by atoms with Gasteiger partial charge in [-0.2, -0.15) is 0 Å². The van der Waals surface area contributed by atoms with Crippen LogP contribution in [0.4, 0.5) is 4.79 Å². The van der Waals surface area contributed by atoms with E-state index >= 15 is 0 Å². The molecule has 0 aromatic carbocycles. The molecule has 1 heterocycles. The first-order valence-electron chi connectivity index (χ1n) is 6.16. The van der Waals surface area contributed by atoms with Gasteiger partial charge in [0.05, 0.1) is 0 Å². The third-order valence-electron chi connectivity index (χ3n) is 2.60. The lowest BCUT2D eigenvalue weighted by atomic mass is 9.97. The normalized spacial score (nSPS) is 21.6. The summed E-state index contributed by atoms with van der Waals surface area (Å²) in [6.07, 6.45) is -0.332. The Bertz CT molecular complexity index is 375. The Labute approximate surface area is 111 Å². The molecule has 7 heteroatoms. The predicted molar refractivity (Wildman–Crippen MR) is 66.8 cm³/mol. The Kier molecular flexibility index (Phi) is 4.88. The molecule has 108 valence electrons. The van der Waals surface area contributed by atoms with E-state index in [-0.39, 0.29) is 12.2 Å². The van der Waals surface area contributed by atoms with E-state index < -0.39 is 29.7 Å². The van der Waals surface area contributed by atoms with Crippen molar-refractivity contribution in [1.29, 1.82) is 0 Å². The maximum atomic E-state index is 11.6. The minimum absolute atomic E-state index is 0.0130. The van der Waals surface area contributed by atoms with Gasteiger partial charge in [0.25, 0.3) is 0 Å². The van der Waals surface area contributed by atoms with Gasteiger partial charge in [0, 0.05) is 25.4 Å². The van der Waals surface area contributed by atoms with Crippen molar-refractivity contribution >= 4 is 17.8 Å². The van der Waals surface area contributed by atoms with Crippen LogP contribution in [0.3, 0.4) is 0 Å². The minimum Gasteiger partial charge on any atom is -0.480 e. The number of piperidine rings is 1. The number of carbonyl (C=O) groups excluding carboxylic acids is 2. The average Bonchev–Trinajstić information content (AvgIpc) is 2.23. The highest BCUT2D eigenvalue weighted by Crippen LogP contribution is 2.11. The topological polar surface area (TPSA) is 105 Å². The lowest BCUT2D eigenvalue weighted by Crippen LogP contribution is -2.57. The van der Waals surface area contributed by atoms with Crippen molar-refractivity contribution in [2.45, 2.75) is 51.3 Å². The molecule has 1 rings (SSSR count). The fourth-order valence-electron chi connectivity index (χ4n) is 1.82. The summed E-state index contributed by atoms with van der Waals surface area (Å²) in [5.74, 6) is -1.21. The van der Waals surface area contributed by atoms with E-state index in [2.05, 4.69) is 10.6 Å². The first kappa shape index (κ1) is 15.4. The molecule has 1 aliphatic heterocycles.